The summed E-state index contributed by atoms with van der Waals surface area (Å²) in [5, 5.41) is 4.71. The van der Waals surface area contributed by atoms with Crippen LogP contribution in [0.3, 0.4) is 0 Å². The first-order valence-electron chi connectivity index (χ1n) is 9.88. The average Bonchev–Trinajstić information content (AvgIpc) is 3.34. The molecule has 0 N–H and O–H groups in total. The molecule has 5 heteroatoms. The number of benzene rings is 3. The minimum Gasteiger partial charge on any atom is -0.457 e. The van der Waals surface area contributed by atoms with Crippen molar-refractivity contribution in [1.29, 1.82) is 0 Å². The Morgan fingerprint density at radius 2 is 1.67 bits per heavy atom. The number of para-hydroxylation sites is 1. The van der Waals surface area contributed by atoms with Crippen LogP contribution in [0.4, 0.5) is 0 Å². The van der Waals surface area contributed by atoms with E-state index in [9.17, 15) is 0 Å². The second-order valence-corrected chi connectivity index (χ2v) is 7.38. The molecule has 3 aromatic carbocycles. The van der Waals surface area contributed by atoms with Crippen LogP contribution in [0.15, 0.2) is 83.3 Å². The predicted molar refractivity (Wildman–Crippen MR) is 117 cm³/mol. The van der Waals surface area contributed by atoms with Gasteiger partial charge in [0.1, 0.15) is 22.7 Å². The fourth-order valence-corrected chi connectivity index (χ4v) is 3.34. The SMILES string of the molecule is Cc1ccc(Cn2nc(-c3nc4ccc(Oc5ccccc5)cc4o3)cc2C)cc1. The lowest BCUT2D eigenvalue weighted by molar-refractivity contribution is 0.482. The Morgan fingerprint density at radius 3 is 2.47 bits per heavy atom. The Morgan fingerprint density at radius 1 is 0.867 bits per heavy atom. The van der Waals surface area contributed by atoms with Crippen molar-refractivity contribution in [1.82, 2.24) is 14.8 Å². The fraction of sp³-hybridized carbons (Fsp3) is 0.120. The van der Waals surface area contributed by atoms with E-state index in [1.165, 1.54) is 11.1 Å². The van der Waals surface area contributed by atoms with Gasteiger partial charge in [0.25, 0.3) is 0 Å². The van der Waals surface area contributed by atoms with Gasteiger partial charge in [0.15, 0.2) is 5.58 Å². The molecule has 5 rings (SSSR count). The van der Waals surface area contributed by atoms with Gasteiger partial charge in [-0.1, -0.05) is 48.0 Å². The smallest absolute Gasteiger partial charge is 0.248 e. The Kier molecular flexibility index (Phi) is 4.56. The largest absolute Gasteiger partial charge is 0.457 e. The number of fused-ring (bicyclic) bond motifs is 1. The lowest BCUT2D eigenvalue weighted by Gasteiger charge is -2.04. The molecular weight excluding hydrogens is 374 g/mol. The molecule has 0 unspecified atom stereocenters. The Labute approximate surface area is 174 Å². The van der Waals surface area contributed by atoms with Gasteiger partial charge in [-0.05, 0) is 49.7 Å². The lowest BCUT2D eigenvalue weighted by Crippen LogP contribution is -2.03. The molecule has 0 bridgehead atoms. The molecule has 5 aromatic rings. The number of oxazole rings is 1. The van der Waals surface area contributed by atoms with Crippen molar-refractivity contribution in [2.24, 2.45) is 0 Å². The summed E-state index contributed by atoms with van der Waals surface area (Å²) in [6, 6.07) is 25.8. The molecule has 2 aromatic heterocycles. The average molecular weight is 395 g/mol. The standard InChI is InChI=1S/C25H21N3O2/c1-17-8-10-19(11-9-17)16-28-18(2)14-23(27-28)25-26-22-13-12-21(15-24(22)30-25)29-20-6-4-3-5-7-20/h3-15H,16H2,1-2H3. The predicted octanol–water partition coefficient (Wildman–Crippen LogP) is 6.15. The van der Waals surface area contributed by atoms with Crippen LogP contribution in [-0.4, -0.2) is 14.8 Å². The van der Waals surface area contributed by atoms with E-state index < -0.39 is 0 Å². The first-order chi connectivity index (χ1) is 14.6. The molecule has 2 heterocycles. The van der Waals surface area contributed by atoms with Crippen molar-refractivity contribution in [3.05, 3.63) is 95.7 Å². The molecule has 0 radical (unpaired) electrons. The minimum absolute atomic E-state index is 0.507. The van der Waals surface area contributed by atoms with E-state index in [4.69, 9.17) is 14.3 Å². The third-order valence-corrected chi connectivity index (χ3v) is 4.99. The van der Waals surface area contributed by atoms with Crippen molar-refractivity contribution >= 4 is 11.1 Å². The summed E-state index contributed by atoms with van der Waals surface area (Å²) in [6.45, 7) is 4.84. The number of nitrogens with zero attached hydrogens (tertiary/aromatic N) is 3. The molecule has 30 heavy (non-hydrogen) atoms. The van der Waals surface area contributed by atoms with E-state index >= 15 is 0 Å². The van der Waals surface area contributed by atoms with Gasteiger partial charge in [-0.25, -0.2) is 4.98 Å². The molecule has 0 fully saturated rings. The van der Waals surface area contributed by atoms with Crippen molar-refractivity contribution in [3.63, 3.8) is 0 Å². The first kappa shape index (κ1) is 18.2. The summed E-state index contributed by atoms with van der Waals surface area (Å²) in [4.78, 5) is 4.61. The van der Waals surface area contributed by atoms with Gasteiger partial charge in [-0.15, -0.1) is 0 Å². The normalized spacial score (nSPS) is 11.1. The highest BCUT2D eigenvalue weighted by molar-refractivity contribution is 5.77. The zero-order valence-corrected chi connectivity index (χ0v) is 16.9. The summed E-state index contributed by atoms with van der Waals surface area (Å²) in [5.74, 6) is 1.99. The van der Waals surface area contributed by atoms with Crippen LogP contribution >= 0.6 is 0 Å². The molecule has 148 valence electrons. The zero-order valence-electron chi connectivity index (χ0n) is 16.9. The molecule has 0 spiro atoms. The van der Waals surface area contributed by atoms with Gasteiger partial charge in [-0.2, -0.15) is 5.10 Å². The molecule has 0 saturated carbocycles. The highest BCUT2D eigenvalue weighted by Crippen LogP contribution is 2.29. The highest BCUT2D eigenvalue weighted by Gasteiger charge is 2.14. The van der Waals surface area contributed by atoms with Gasteiger partial charge >= 0.3 is 0 Å². The molecule has 0 aliphatic heterocycles. The van der Waals surface area contributed by atoms with Crippen molar-refractivity contribution in [2.75, 3.05) is 0 Å². The van der Waals surface area contributed by atoms with Crippen LogP contribution < -0.4 is 4.74 Å². The maximum atomic E-state index is 6.00. The van der Waals surface area contributed by atoms with E-state index in [0.29, 0.717) is 23.8 Å². The highest BCUT2D eigenvalue weighted by atomic mass is 16.5. The second-order valence-electron chi connectivity index (χ2n) is 7.38. The third kappa shape index (κ3) is 3.70. The lowest BCUT2D eigenvalue weighted by atomic mass is 10.1. The monoisotopic (exact) mass is 395 g/mol. The number of hydrogen-bond acceptors (Lipinski definition) is 4. The van der Waals surface area contributed by atoms with Crippen LogP contribution in [0.25, 0.3) is 22.7 Å². The van der Waals surface area contributed by atoms with Gasteiger partial charge in [0, 0.05) is 11.8 Å². The van der Waals surface area contributed by atoms with E-state index in [1.54, 1.807) is 0 Å². The van der Waals surface area contributed by atoms with Crippen molar-refractivity contribution in [3.8, 4) is 23.1 Å². The van der Waals surface area contributed by atoms with E-state index in [2.05, 4.69) is 36.2 Å². The maximum absolute atomic E-state index is 6.00. The van der Waals surface area contributed by atoms with Gasteiger partial charge in [0.2, 0.25) is 5.89 Å². The molecule has 5 nitrogen and oxygen atoms in total. The summed E-state index contributed by atoms with van der Waals surface area (Å²) < 4.78 is 13.9. The van der Waals surface area contributed by atoms with Crippen LogP contribution in [0.1, 0.15) is 16.8 Å². The Balaban J connectivity index is 1.41. The van der Waals surface area contributed by atoms with Crippen molar-refractivity contribution < 1.29 is 9.15 Å². The van der Waals surface area contributed by atoms with E-state index in [-0.39, 0.29) is 0 Å². The van der Waals surface area contributed by atoms with Gasteiger partial charge in [-0.3, -0.25) is 4.68 Å². The van der Waals surface area contributed by atoms with Gasteiger partial charge < -0.3 is 9.15 Å². The third-order valence-electron chi connectivity index (χ3n) is 4.99. The molecule has 0 atom stereocenters. The van der Waals surface area contributed by atoms with Crippen LogP contribution in [0.5, 0.6) is 11.5 Å². The Hall–Kier alpha value is -3.86. The molecular formula is C25H21N3O2. The number of hydrogen-bond donors (Lipinski definition) is 0. The Bertz CT molecular complexity index is 1300. The van der Waals surface area contributed by atoms with Gasteiger partial charge in [0.05, 0.1) is 6.54 Å². The number of rotatable bonds is 5. The van der Waals surface area contributed by atoms with Crippen LogP contribution in [-0.2, 0) is 6.54 Å². The first-order valence-corrected chi connectivity index (χ1v) is 9.88. The molecule has 0 amide bonds. The quantitative estimate of drug-likeness (QED) is 0.358. The molecule has 0 aliphatic carbocycles. The zero-order chi connectivity index (χ0) is 20.5. The minimum atomic E-state index is 0.507. The molecule has 0 aliphatic rings. The number of aryl methyl sites for hydroxylation is 2. The van der Waals surface area contributed by atoms with E-state index in [0.717, 1.165) is 22.7 Å². The van der Waals surface area contributed by atoms with E-state index in [1.807, 2.05) is 66.2 Å². The summed E-state index contributed by atoms with van der Waals surface area (Å²) in [6.07, 6.45) is 0. The number of aromatic nitrogens is 3. The summed E-state index contributed by atoms with van der Waals surface area (Å²) in [7, 11) is 0. The maximum Gasteiger partial charge on any atom is 0.248 e. The van der Waals surface area contributed by atoms with Crippen molar-refractivity contribution in [2.45, 2.75) is 20.4 Å². The van der Waals surface area contributed by atoms with Crippen LogP contribution in [0.2, 0.25) is 0 Å². The summed E-state index contributed by atoms with van der Waals surface area (Å²) >= 11 is 0. The molecule has 0 saturated heterocycles. The topological polar surface area (TPSA) is 53.1 Å². The summed E-state index contributed by atoms with van der Waals surface area (Å²) in [5.41, 5.74) is 5.68. The number of ether oxygens (including phenoxy) is 1. The second kappa shape index (κ2) is 7.52. The van der Waals surface area contributed by atoms with Crippen LogP contribution in [0, 0.1) is 13.8 Å². The fourth-order valence-electron chi connectivity index (χ4n) is 3.34.